The van der Waals surface area contributed by atoms with Gasteiger partial charge in [-0.15, -0.1) is 0 Å². The van der Waals surface area contributed by atoms with Gasteiger partial charge in [0.1, 0.15) is 5.75 Å². The van der Waals surface area contributed by atoms with E-state index in [2.05, 4.69) is 15.5 Å². The van der Waals surface area contributed by atoms with Gasteiger partial charge in [0, 0.05) is 30.0 Å². The molecule has 29 heavy (non-hydrogen) atoms. The number of H-pyrrole nitrogens is 1. The SMILES string of the molecule is CCOc1ccc(C(=O)NCCN(C(=O)c2cn[nH]c2C)c2ccccc2)cc1. The summed E-state index contributed by atoms with van der Waals surface area (Å²) in [7, 11) is 0. The summed E-state index contributed by atoms with van der Waals surface area (Å²) in [6.45, 7) is 4.92. The van der Waals surface area contributed by atoms with E-state index in [0.29, 0.717) is 36.5 Å². The molecule has 0 spiro atoms. The number of anilines is 1. The maximum Gasteiger partial charge on any atom is 0.261 e. The largest absolute Gasteiger partial charge is 0.494 e. The van der Waals surface area contributed by atoms with E-state index >= 15 is 0 Å². The van der Waals surface area contributed by atoms with Crippen LogP contribution in [0.15, 0.2) is 60.8 Å². The minimum Gasteiger partial charge on any atom is -0.494 e. The Hall–Kier alpha value is -3.61. The molecule has 1 aromatic heterocycles. The summed E-state index contributed by atoms with van der Waals surface area (Å²) >= 11 is 0. The van der Waals surface area contributed by atoms with Crippen LogP contribution in [0.2, 0.25) is 0 Å². The number of hydrogen-bond acceptors (Lipinski definition) is 4. The van der Waals surface area contributed by atoms with Crippen molar-refractivity contribution >= 4 is 17.5 Å². The number of carbonyl (C=O) groups is 2. The topological polar surface area (TPSA) is 87.3 Å². The Labute approximate surface area is 169 Å². The predicted molar refractivity (Wildman–Crippen MR) is 111 cm³/mol. The maximum atomic E-state index is 13.0. The van der Waals surface area contributed by atoms with Gasteiger partial charge in [0.2, 0.25) is 0 Å². The number of aryl methyl sites for hydroxylation is 1. The molecule has 0 radical (unpaired) electrons. The predicted octanol–water partition coefficient (Wildman–Crippen LogP) is 3.19. The zero-order valence-electron chi connectivity index (χ0n) is 16.5. The number of aromatic nitrogens is 2. The van der Waals surface area contributed by atoms with Crippen LogP contribution in [0.5, 0.6) is 5.75 Å². The molecule has 7 heteroatoms. The van der Waals surface area contributed by atoms with Gasteiger partial charge in [-0.05, 0) is 50.2 Å². The number of nitrogens with one attached hydrogen (secondary N) is 2. The molecule has 1 heterocycles. The van der Waals surface area contributed by atoms with Gasteiger partial charge in [0.25, 0.3) is 11.8 Å². The first-order valence-electron chi connectivity index (χ1n) is 9.48. The minimum atomic E-state index is -0.201. The summed E-state index contributed by atoms with van der Waals surface area (Å²) in [5.74, 6) is 0.353. The number of benzene rings is 2. The molecular formula is C22H24N4O3. The number of amides is 2. The Bertz CT molecular complexity index is 952. The Balaban J connectivity index is 1.66. The monoisotopic (exact) mass is 392 g/mol. The third-order valence-corrected chi connectivity index (χ3v) is 4.42. The first-order chi connectivity index (χ1) is 14.1. The van der Waals surface area contributed by atoms with Crippen molar-refractivity contribution in [1.82, 2.24) is 15.5 Å². The van der Waals surface area contributed by atoms with Gasteiger partial charge in [0.05, 0.1) is 18.4 Å². The van der Waals surface area contributed by atoms with Gasteiger partial charge in [-0.25, -0.2) is 0 Å². The molecule has 0 fully saturated rings. The Morgan fingerprint density at radius 2 is 1.83 bits per heavy atom. The van der Waals surface area contributed by atoms with Gasteiger partial charge >= 0.3 is 0 Å². The molecule has 0 saturated heterocycles. The molecule has 0 atom stereocenters. The number of ether oxygens (including phenoxy) is 1. The van der Waals surface area contributed by atoms with Crippen molar-refractivity contribution in [2.24, 2.45) is 0 Å². The highest BCUT2D eigenvalue weighted by Gasteiger charge is 2.20. The lowest BCUT2D eigenvalue weighted by molar-refractivity contribution is 0.0943. The second-order valence-electron chi connectivity index (χ2n) is 6.41. The molecule has 2 aromatic carbocycles. The summed E-state index contributed by atoms with van der Waals surface area (Å²) in [6, 6.07) is 16.3. The van der Waals surface area contributed by atoms with Crippen LogP contribution in [0.25, 0.3) is 0 Å². The Morgan fingerprint density at radius 1 is 1.10 bits per heavy atom. The molecule has 0 unspecified atom stereocenters. The van der Waals surface area contributed by atoms with Crippen LogP contribution in [-0.2, 0) is 0 Å². The highest BCUT2D eigenvalue weighted by molar-refractivity contribution is 6.06. The lowest BCUT2D eigenvalue weighted by atomic mass is 10.2. The van der Waals surface area contributed by atoms with E-state index < -0.39 is 0 Å². The van der Waals surface area contributed by atoms with Gasteiger partial charge < -0.3 is 15.0 Å². The fraction of sp³-hybridized carbons (Fsp3) is 0.227. The molecule has 7 nitrogen and oxygen atoms in total. The maximum absolute atomic E-state index is 13.0. The number of hydrogen-bond donors (Lipinski definition) is 2. The molecule has 0 bridgehead atoms. The third kappa shape index (κ3) is 5.01. The molecule has 0 aliphatic carbocycles. The average Bonchev–Trinajstić information content (AvgIpc) is 3.18. The minimum absolute atomic E-state index is 0.169. The van der Waals surface area contributed by atoms with Gasteiger partial charge in [-0.3, -0.25) is 14.7 Å². The molecule has 0 aliphatic rings. The van der Waals surface area contributed by atoms with E-state index in [1.165, 1.54) is 6.20 Å². The van der Waals surface area contributed by atoms with E-state index in [1.54, 1.807) is 36.1 Å². The van der Waals surface area contributed by atoms with E-state index in [0.717, 1.165) is 11.4 Å². The van der Waals surface area contributed by atoms with Crippen molar-refractivity contribution in [3.63, 3.8) is 0 Å². The number of para-hydroxylation sites is 1. The van der Waals surface area contributed by atoms with E-state index in [4.69, 9.17) is 4.74 Å². The van der Waals surface area contributed by atoms with E-state index in [-0.39, 0.29) is 11.8 Å². The van der Waals surface area contributed by atoms with Crippen molar-refractivity contribution in [3.05, 3.63) is 77.6 Å². The fourth-order valence-corrected chi connectivity index (χ4v) is 2.92. The Kier molecular flexibility index (Phi) is 6.63. The van der Waals surface area contributed by atoms with Crippen LogP contribution in [-0.4, -0.2) is 41.7 Å². The molecule has 3 rings (SSSR count). The quantitative estimate of drug-likeness (QED) is 0.616. The van der Waals surface area contributed by atoms with Crippen LogP contribution >= 0.6 is 0 Å². The highest BCUT2D eigenvalue weighted by atomic mass is 16.5. The first kappa shape index (κ1) is 20.1. The van der Waals surface area contributed by atoms with Crippen molar-refractivity contribution < 1.29 is 14.3 Å². The lowest BCUT2D eigenvalue weighted by Crippen LogP contribution is -2.38. The summed E-state index contributed by atoms with van der Waals surface area (Å²) in [5, 5.41) is 9.59. The summed E-state index contributed by atoms with van der Waals surface area (Å²) < 4.78 is 5.39. The zero-order valence-corrected chi connectivity index (χ0v) is 16.5. The zero-order chi connectivity index (χ0) is 20.6. The highest BCUT2D eigenvalue weighted by Crippen LogP contribution is 2.17. The van der Waals surface area contributed by atoms with Crippen molar-refractivity contribution in [3.8, 4) is 5.75 Å². The van der Waals surface area contributed by atoms with Gasteiger partial charge in [-0.1, -0.05) is 18.2 Å². The van der Waals surface area contributed by atoms with Gasteiger partial charge in [-0.2, -0.15) is 5.10 Å². The van der Waals surface area contributed by atoms with Crippen LogP contribution in [0.4, 0.5) is 5.69 Å². The van der Waals surface area contributed by atoms with Gasteiger partial charge in [0.15, 0.2) is 0 Å². The van der Waals surface area contributed by atoms with Crippen LogP contribution in [0, 0.1) is 6.92 Å². The van der Waals surface area contributed by atoms with Crippen LogP contribution in [0.1, 0.15) is 33.3 Å². The van der Waals surface area contributed by atoms with Crippen molar-refractivity contribution in [1.29, 1.82) is 0 Å². The third-order valence-electron chi connectivity index (χ3n) is 4.42. The molecule has 0 aliphatic heterocycles. The van der Waals surface area contributed by atoms with E-state index in [1.807, 2.05) is 37.3 Å². The molecular weight excluding hydrogens is 368 g/mol. The molecule has 0 saturated carbocycles. The smallest absolute Gasteiger partial charge is 0.261 e. The molecule has 150 valence electrons. The van der Waals surface area contributed by atoms with E-state index in [9.17, 15) is 9.59 Å². The fourth-order valence-electron chi connectivity index (χ4n) is 2.92. The first-order valence-corrected chi connectivity index (χ1v) is 9.48. The molecule has 2 amide bonds. The number of rotatable bonds is 8. The van der Waals surface area contributed by atoms with Crippen molar-refractivity contribution in [2.45, 2.75) is 13.8 Å². The van der Waals surface area contributed by atoms with Crippen LogP contribution in [0.3, 0.4) is 0 Å². The standard InChI is InChI=1S/C22H24N4O3/c1-3-29-19-11-9-17(10-12-19)21(27)23-13-14-26(18-7-5-4-6-8-18)22(28)20-15-24-25-16(20)2/h4-12,15H,3,13-14H2,1-2H3,(H,23,27)(H,24,25). The molecule has 2 N–H and O–H groups in total. The summed E-state index contributed by atoms with van der Waals surface area (Å²) in [4.78, 5) is 27.1. The number of nitrogens with zero attached hydrogens (tertiary/aromatic N) is 2. The second-order valence-corrected chi connectivity index (χ2v) is 6.41. The molecule has 3 aromatic rings. The lowest BCUT2D eigenvalue weighted by Gasteiger charge is -2.23. The average molecular weight is 392 g/mol. The van der Waals surface area contributed by atoms with Crippen LogP contribution < -0.4 is 15.0 Å². The Morgan fingerprint density at radius 3 is 2.45 bits per heavy atom. The summed E-state index contributed by atoms with van der Waals surface area (Å²) in [5.41, 5.74) is 2.51. The summed E-state index contributed by atoms with van der Waals surface area (Å²) in [6.07, 6.45) is 1.52. The normalized spacial score (nSPS) is 10.4. The number of carbonyl (C=O) groups excluding carboxylic acids is 2. The number of aromatic amines is 1. The second kappa shape index (κ2) is 9.54. The van der Waals surface area contributed by atoms with Crippen molar-refractivity contribution in [2.75, 3.05) is 24.6 Å².